The van der Waals surface area contributed by atoms with E-state index >= 15 is 0 Å². The van der Waals surface area contributed by atoms with Gasteiger partial charge in [0.25, 0.3) is 5.78 Å². The van der Waals surface area contributed by atoms with Crippen LogP contribution in [0.5, 0.6) is 0 Å². The summed E-state index contributed by atoms with van der Waals surface area (Å²) in [6, 6.07) is 10.0. The minimum absolute atomic E-state index is 0.0992. The first-order chi connectivity index (χ1) is 15.2. The van der Waals surface area contributed by atoms with Crippen molar-refractivity contribution in [1.82, 2.24) is 4.57 Å². The van der Waals surface area contributed by atoms with E-state index in [9.17, 15) is 27.9 Å². The quantitative estimate of drug-likeness (QED) is 0.332. The number of hydrogen-bond donors (Lipinski definition) is 1. The van der Waals surface area contributed by atoms with Crippen LogP contribution in [0.2, 0.25) is 0 Å². The number of fused-ring (bicyclic) bond motifs is 1. The summed E-state index contributed by atoms with van der Waals surface area (Å²) in [6.07, 6.45) is 4.28. The van der Waals surface area contributed by atoms with Gasteiger partial charge in [-0.3, -0.25) is 4.79 Å². The second-order valence-corrected chi connectivity index (χ2v) is 8.47. The molecule has 1 fully saturated rings. The lowest BCUT2D eigenvalue weighted by molar-refractivity contribution is -0.137. The Bertz CT molecular complexity index is 1140. The SMILES string of the molecule is O=C(O)C(=O)c1cn(CCCC2CCCC2)c2ccc(-c3ccc(C(F)(F)F)cc3)cc12. The number of carbonyl (C=O) groups excluding carboxylic acids is 1. The number of carboxylic acids is 1. The van der Waals surface area contributed by atoms with Crippen LogP contribution in [-0.2, 0) is 17.5 Å². The second-order valence-electron chi connectivity index (χ2n) is 8.47. The summed E-state index contributed by atoms with van der Waals surface area (Å²) in [5.41, 5.74) is 1.29. The third-order valence-corrected chi connectivity index (χ3v) is 6.35. The third-order valence-electron chi connectivity index (χ3n) is 6.35. The molecule has 168 valence electrons. The third kappa shape index (κ3) is 4.56. The molecule has 1 aliphatic carbocycles. The number of rotatable bonds is 7. The topological polar surface area (TPSA) is 59.3 Å². The van der Waals surface area contributed by atoms with Crippen LogP contribution in [0.15, 0.2) is 48.7 Å². The minimum Gasteiger partial charge on any atom is -0.475 e. The molecule has 7 heteroatoms. The maximum atomic E-state index is 12.9. The van der Waals surface area contributed by atoms with Crippen molar-refractivity contribution >= 4 is 22.7 Å². The van der Waals surface area contributed by atoms with Crippen LogP contribution < -0.4 is 0 Å². The summed E-state index contributed by atoms with van der Waals surface area (Å²) in [6.45, 7) is 0.680. The van der Waals surface area contributed by atoms with Crippen LogP contribution in [0.1, 0.15) is 54.4 Å². The van der Waals surface area contributed by atoms with Gasteiger partial charge in [-0.1, -0.05) is 43.9 Å². The highest BCUT2D eigenvalue weighted by atomic mass is 19.4. The summed E-state index contributed by atoms with van der Waals surface area (Å²) in [7, 11) is 0. The highest BCUT2D eigenvalue weighted by Gasteiger charge is 2.30. The average Bonchev–Trinajstić information content (AvgIpc) is 3.40. The Morgan fingerprint density at radius 1 is 1.00 bits per heavy atom. The molecule has 32 heavy (non-hydrogen) atoms. The first-order valence-corrected chi connectivity index (χ1v) is 10.8. The number of Topliss-reactive ketones (excluding diaryl/α,β-unsaturated/α-hetero) is 1. The Hall–Kier alpha value is -3.09. The molecule has 0 saturated heterocycles. The molecule has 0 spiro atoms. The Morgan fingerprint density at radius 2 is 1.66 bits per heavy atom. The molecule has 0 unspecified atom stereocenters. The van der Waals surface area contributed by atoms with E-state index in [1.807, 2.05) is 4.57 Å². The lowest BCUT2D eigenvalue weighted by Crippen LogP contribution is -2.12. The van der Waals surface area contributed by atoms with Crippen LogP contribution in [0.3, 0.4) is 0 Å². The van der Waals surface area contributed by atoms with Gasteiger partial charge in [0.15, 0.2) is 0 Å². The van der Waals surface area contributed by atoms with Crippen molar-refractivity contribution < 1.29 is 27.9 Å². The average molecular weight is 443 g/mol. The number of benzene rings is 2. The largest absolute Gasteiger partial charge is 0.475 e. The van der Waals surface area contributed by atoms with Gasteiger partial charge in [0.05, 0.1) is 11.1 Å². The van der Waals surface area contributed by atoms with Crippen molar-refractivity contribution in [3.05, 3.63) is 59.8 Å². The van der Waals surface area contributed by atoms with Crippen LogP contribution in [0.25, 0.3) is 22.0 Å². The van der Waals surface area contributed by atoms with Crippen molar-refractivity contribution in [2.24, 2.45) is 5.92 Å². The number of aliphatic carboxylic acids is 1. The van der Waals surface area contributed by atoms with E-state index in [2.05, 4.69) is 0 Å². The number of carboxylic acid groups (broad SMARTS) is 1. The number of alkyl halides is 3. The number of halogens is 3. The molecule has 1 aromatic heterocycles. The zero-order valence-electron chi connectivity index (χ0n) is 17.5. The molecule has 1 saturated carbocycles. The smallest absolute Gasteiger partial charge is 0.416 e. The van der Waals surface area contributed by atoms with Gasteiger partial charge in [-0.2, -0.15) is 13.2 Å². The van der Waals surface area contributed by atoms with Gasteiger partial charge in [-0.05, 0) is 54.2 Å². The predicted molar refractivity (Wildman–Crippen MR) is 116 cm³/mol. The Morgan fingerprint density at radius 3 is 2.28 bits per heavy atom. The number of aryl methyl sites for hydroxylation is 1. The van der Waals surface area contributed by atoms with Gasteiger partial charge >= 0.3 is 12.1 Å². The molecule has 0 radical (unpaired) electrons. The first-order valence-electron chi connectivity index (χ1n) is 10.8. The van der Waals surface area contributed by atoms with E-state index in [4.69, 9.17) is 0 Å². The Labute approximate surface area is 183 Å². The molecule has 1 N–H and O–H groups in total. The van der Waals surface area contributed by atoms with Crippen LogP contribution in [-0.4, -0.2) is 21.4 Å². The monoisotopic (exact) mass is 443 g/mol. The zero-order chi connectivity index (χ0) is 22.9. The fourth-order valence-corrected chi connectivity index (χ4v) is 4.66. The van der Waals surface area contributed by atoms with Crippen molar-refractivity contribution in [2.75, 3.05) is 0 Å². The molecular formula is C25H24F3NO3. The van der Waals surface area contributed by atoms with E-state index in [0.29, 0.717) is 23.1 Å². The minimum atomic E-state index is -4.42. The molecule has 4 nitrogen and oxygen atoms in total. The standard InChI is InChI=1S/C25H24F3NO3/c26-25(27,28)19-10-7-17(8-11-19)18-9-12-22-20(14-18)21(23(30)24(31)32)15-29(22)13-3-6-16-4-1-2-5-16/h7-12,14-16H,1-6,13H2,(H,31,32). The van der Waals surface area contributed by atoms with Gasteiger partial charge < -0.3 is 9.67 Å². The molecular weight excluding hydrogens is 419 g/mol. The Balaban J connectivity index is 1.66. The lowest BCUT2D eigenvalue weighted by Gasteiger charge is -2.10. The summed E-state index contributed by atoms with van der Waals surface area (Å²) >= 11 is 0. The molecule has 0 aliphatic heterocycles. The fourth-order valence-electron chi connectivity index (χ4n) is 4.66. The van der Waals surface area contributed by atoms with E-state index in [1.54, 1.807) is 24.4 Å². The van der Waals surface area contributed by atoms with Gasteiger partial charge in [0.2, 0.25) is 0 Å². The van der Waals surface area contributed by atoms with Crippen molar-refractivity contribution in [3.63, 3.8) is 0 Å². The van der Waals surface area contributed by atoms with Crippen LogP contribution in [0.4, 0.5) is 13.2 Å². The maximum Gasteiger partial charge on any atom is 0.416 e. The molecule has 1 aliphatic rings. The van der Waals surface area contributed by atoms with Crippen molar-refractivity contribution in [1.29, 1.82) is 0 Å². The van der Waals surface area contributed by atoms with E-state index in [0.717, 1.165) is 36.4 Å². The Kier molecular flexibility index (Phi) is 6.09. The molecule has 2 aromatic carbocycles. The molecule has 4 rings (SSSR count). The molecule has 0 bridgehead atoms. The number of aromatic nitrogens is 1. The second kappa shape index (κ2) is 8.81. The van der Waals surface area contributed by atoms with E-state index in [-0.39, 0.29) is 5.56 Å². The van der Waals surface area contributed by atoms with Gasteiger partial charge in [0, 0.05) is 23.6 Å². The summed E-state index contributed by atoms with van der Waals surface area (Å²) < 4.78 is 40.5. The summed E-state index contributed by atoms with van der Waals surface area (Å²) in [5.74, 6) is -1.78. The fraction of sp³-hybridized carbons (Fsp3) is 0.360. The number of ketones is 1. The van der Waals surface area contributed by atoms with Gasteiger partial charge in [-0.15, -0.1) is 0 Å². The lowest BCUT2D eigenvalue weighted by atomic mass is 10.00. The molecule has 1 heterocycles. The highest BCUT2D eigenvalue weighted by Crippen LogP contribution is 2.33. The maximum absolute atomic E-state index is 12.9. The number of hydrogen-bond acceptors (Lipinski definition) is 2. The highest BCUT2D eigenvalue weighted by molar-refractivity contribution is 6.42. The van der Waals surface area contributed by atoms with Crippen LogP contribution in [0, 0.1) is 5.92 Å². The summed E-state index contributed by atoms with van der Waals surface area (Å²) in [4.78, 5) is 23.7. The first kappa shape index (κ1) is 22.1. The zero-order valence-corrected chi connectivity index (χ0v) is 17.5. The summed E-state index contributed by atoms with van der Waals surface area (Å²) in [5, 5.41) is 9.75. The van der Waals surface area contributed by atoms with Crippen LogP contribution >= 0.6 is 0 Å². The number of carbonyl (C=O) groups is 2. The molecule has 0 atom stereocenters. The van der Waals surface area contributed by atoms with Gasteiger partial charge in [0.1, 0.15) is 0 Å². The molecule has 0 amide bonds. The van der Waals surface area contributed by atoms with E-state index in [1.165, 1.54) is 37.8 Å². The van der Waals surface area contributed by atoms with E-state index < -0.39 is 23.5 Å². The van der Waals surface area contributed by atoms with Crippen molar-refractivity contribution in [2.45, 2.75) is 51.2 Å². The molecule has 3 aromatic rings. The normalized spacial score (nSPS) is 14.8. The predicted octanol–water partition coefficient (Wildman–Crippen LogP) is 6.56. The number of nitrogens with zero attached hydrogens (tertiary/aromatic N) is 1. The van der Waals surface area contributed by atoms with Gasteiger partial charge in [-0.25, -0.2) is 4.79 Å². The van der Waals surface area contributed by atoms with Crippen molar-refractivity contribution in [3.8, 4) is 11.1 Å².